The lowest BCUT2D eigenvalue weighted by Crippen LogP contribution is -2.15. The third-order valence-electron chi connectivity index (χ3n) is 6.25. The molecule has 0 heterocycles. The third kappa shape index (κ3) is 35.0. The highest BCUT2D eigenvalue weighted by atomic mass is 16.5. The van der Waals surface area contributed by atoms with Crippen molar-refractivity contribution < 1.29 is 25.2 Å². The van der Waals surface area contributed by atoms with Crippen LogP contribution in [0.2, 0.25) is 0 Å². The molecule has 0 atom stereocenters. The molecule has 1 aromatic carbocycles. The van der Waals surface area contributed by atoms with E-state index in [4.69, 9.17) is 25.2 Å². The second-order valence-electron chi connectivity index (χ2n) is 9.88. The maximum atomic E-state index is 8.69. The van der Waals surface area contributed by atoms with Gasteiger partial charge in [0.2, 0.25) is 0 Å². The molecule has 5 nitrogen and oxygen atoms in total. The fraction of sp³-hybridized carbons (Fsp3) is 0.812. The number of aliphatic hydroxyl groups excluding tert-OH is 4. The first kappa shape index (κ1) is 38.2. The summed E-state index contributed by atoms with van der Waals surface area (Å²) < 4.78 is 5.22. The van der Waals surface area contributed by atoms with Crippen LogP contribution in [0.3, 0.4) is 0 Å². The molecule has 0 unspecified atom stereocenters. The lowest BCUT2D eigenvalue weighted by Gasteiger charge is -2.03. The summed E-state index contributed by atoms with van der Waals surface area (Å²) in [5.74, 6) is 0. The van der Waals surface area contributed by atoms with Gasteiger partial charge in [-0.25, -0.2) is 0 Å². The topological polar surface area (TPSA) is 90.2 Å². The first-order chi connectivity index (χ1) is 18.2. The van der Waals surface area contributed by atoms with Crippen LogP contribution in [-0.4, -0.2) is 53.0 Å². The van der Waals surface area contributed by atoms with Crippen molar-refractivity contribution in [3.63, 3.8) is 0 Å². The molecule has 0 fully saturated rings. The fourth-order valence-electron chi connectivity index (χ4n) is 3.87. The Morgan fingerprint density at radius 1 is 0.568 bits per heavy atom. The minimum atomic E-state index is -0.954. The highest BCUT2D eigenvalue weighted by molar-refractivity contribution is 5.13. The Labute approximate surface area is 229 Å². The van der Waals surface area contributed by atoms with Gasteiger partial charge in [-0.05, 0) is 18.9 Å². The van der Waals surface area contributed by atoms with Crippen molar-refractivity contribution in [1.82, 2.24) is 0 Å². The molecule has 1 rings (SSSR count). The first-order valence-electron chi connectivity index (χ1n) is 15.3. The van der Waals surface area contributed by atoms with Crippen molar-refractivity contribution in [2.75, 3.05) is 26.4 Å². The largest absolute Gasteiger partial charge is 0.396 e. The van der Waals surface area contributed by atoms with Gasteiger partial charge in [0.15, 0.2) is 0 Å². The summed E-state index contributed by atoms with van der Waals surface area (Å²) in [5, 5.41) is 32.7. The molecule has 220 valence electrons. The first-order valence-corrected chi connectivity index (χ1v) is 15.3. The van der Waals surface area contributed by atoms with Crippen LogP contribution >= 0.6 is 0 Å². The van der Waals surface area contributed by atoms with E-state index < -0.39 is 6.10 Å². The molecule has 1 aromatic rings. The van der Waals surface area contributed by atoms with Gasteiger partial charge in [-0.3, -0.25) is 0 Å². The number of hydrogen-bond acceptors (Lipinski definition) is 5. The van der Waals surface area contributed by atoms with E-state index in [1.54, 1.807) is 0 Å². The highest BCUT2D eigenvalue weighted by Crippen LogP contribution is 2.14. The van der Waals surface area contributed by atoms with Crippen molar-refractivity contribution in [1.29, 1.82) is 0 Å². The molecule has 0 bridgehead atoms. The zero-order valence-electron chi connectivity index (χ0n) is 24.4. The lowest BCUT2D eigenvalue weighted by atomic mass is 10.0. The summed E-state index contributed by atoms with van der Waals surface area (Å²) in [5.41, 5.74) is 1.24. The summed E-state index contributed by atoms with van der Waals surface area (Å²) in [6.45, 7) is 5.46. The predicted molar refractivity (Wildman–Crippen MR) is 158 cm³/mol. The zero-order chi connectivity index (χ0) is 27.7. The van der Waals surface area contributed by atoms with Crippen molar-refractivity contribution in [2.45, 2.75) is 142 Å². The molecule has 0 radical (unpaired) electrons. The summed E-state index contributed by atoms with van der Waals surface area (Å²) >= 11 is 0. The van der Waals surface area contributed by atoms with Gasteiger partial charge in [0.25, 0.3) is 0 Å². The zero-order valence-corrected chi connectivity index (χ0v) is 24.4. The van der Waals surface area contributed by atoms with E-state index in [2.05, 4.69) is 19.1 Å². The maximum Gasteiger partial charge on any atom is 0.100 e. The molecule has 0 aromatic heterocycles. The van der Waals surface area contributed by atoms with Crippen molar-refractivity contribution in [3.8, 4) is 0 Å². The molecule has 0 saturated carbocycles. The van der Waals surface area contributed by atoms with Gasteiger partial charge in [0.1, 0.15) is 6.10 Å². The van der Waals surface area contributed by atoms with Crippen LogP contribution < -0.4 is 0 Å². The van der Waals surface area contributed by atoms with E-state index in [-0.39, 0.29) is 13.2 Å². The Balaban J connectivity index is 0. The van der Waals surface area contributed by atoms with Gasteiger partial charge in [-0.15, -0.1) is 0 Å². The molecular formula is C32H62O5. The fourth-order valence-corrected chi connectivity index (χ4v) is 3.87. The molecule has 5 heteroatoms. The van der Waals surface area contributed by atoms with Crippen LogP contribution in [0.15, 0.2) is 30.3 Å². The second kappa shape index (κ2) is 35.0. The van der Waals surface area contributed by atoms with Crippen LogP contribution in [0.1, 0.15) is 135 Å². The average Bonchev–Trinajstić information content (AvgIpc) is 2.94. The van der Waals surface area contributed by atoms with Crippen molar-refractivity contribution in [2.24, 2.45) is 0 Å². The summed E-state index contributed by atoms with van der Waals surface area (Å²) in [4.78, 5) is 0. The van der Waals surface area contributed by atoms with E-state index in [0.717, 1.165) is 19.6 Å². The Morgan fingerprint density at radius 3 is 1.24 bits per heavy atom. The lowest BCUT2D eigenvalue weighted by molar-refractivity contribution is 0.0450. The molecule has 0 aliphatic rings. The van der Waals surface area contributed by atoms with E-state index in [9.17, 15) is 0 Å². The summed E-state index contributed by atoms with van der Waals surface area (Å²) in [7, 11) is 0. The van der Waals surface area contributed by atoms with Gasteiger partial charge < -0.3 is 25.2 Å². The van der Waals surface area contributed by atoms with E-state index >= 15 is 0 Å². The molecule has 0 spiro atoms. The minimum Gasteiger partial charge on any atom is -0.396 e. The number of rotatable bonds is 23. The van der Waals surface area contributed by atoms with E-state index in [0.29, 0.717) is 6.61 Å². The van der Waals surface area contributed by atoms with Crippen LogP contribution in [0.5, 0.6) is 0 Å². The maximum absolute atomic E-state index is 8.69. The van der Waals surface area contributed by atoms with Crippen LogP contribution in [-0.2, 0) is 11.3 Å². The molecule has 0 saturated heterocycles. The van der Waals surface area contributed by atoms with Gasteiger partial charge in [-0.1, -0.05) is 146 Å². The monoisotopic (exact) mass is 526 g/mol. The predicted octanol–water partition coefficient (Wildman–Crippen LogP) is 7.58. The quantitative estimate of drug-likeness (QED) is 0.110. The Morgan fingerprint density at radius 2 is 0.946 bits per heavy atom. The van der Waals surface area contributed by atoms with E-state index in [1.807, 2.05) is 25.1 Å². The number of unbranched alkanes of at least 4 members (excludes halogenated alkanes) is 17. The van der Waals surface area contributed by atoms with Crippen LogP contribution in [0.4, 0.5) is 0 Å². The Bertz CT molecular complexity index is 475. The number of benzene rings is 1. The van der Waals surface area contributed by atoms with Crippen LogP contribution in [0, 0.1) is 0 Å². The Hall–Kier alpha value is -0.980. The van der Waals surface area contributed by atoms with E-state index in [1.165, 1.54) is 115 Å². The van der Waals surface area contributed by atoms with Gasteiger partial charge in [0, 0.05) is 13.2 Å². The molecule has 0 amide bonds. The van der Waals surface area contributed by atoms with Crippen LogP contribution in [0.25, 0.3) is 0 Å². The van der Waals surface area contributed by atoms with Gasteiger partial charge in [0.05, 0.1) is 19.8 Å². The van der Waals surface area contributed by atoms with Gasteiger partial charge >= 0.3 is 0 Å². The normalized spacial score (nSPS) is 10.6. The Kier molecular flexibility index (Phi) is 36.1. The average molecular weight is 527 g/mol. The SMILES string of the molecule is CCCCCCCCCCCCCCCCCCCCO.CCOCc1ccccc1.OCC(O)CO. The smallest absolute Gasteiger partial charge is 0.100 e. The standard InChI is InChI=1S/C20H42O.C9H12O.C3H8O3/c1-2-3-4-5-6-7-8-9-10-11-12-13-14-15-16-17-18-19-20-21;1-2-10-8-9-6-4-3-5-7-9;4-1-3(6)2-5/h21H,2-20H2,1H3;3-7H,2,8H2,1H3;3-6H,1-2H2. The van der Waals surface area contributed by atoms with Crippen molar-refractivity contribution >= 4 is 0 Å². The highest BCUT2D eigenvalue weighted by Gasteiger charge is 1.95. The summed E-state index contributed by atoms with van der Waals surface area (Å²) in [6, 6.07) is 10.2. The molecule has 0 aliphatic heterocycles. The number of hydrogen-bond donors (Lipinski definition) is 4. The van der Waals surface area contributed by atoms with Crippen molar-refractivity contribution in [3.05, 3.63) is 35.9 Å². The van der Waals surface area contributed by atoms with Gasteiger partial charge in [-0.2, -0.15) is 0 Å². The molecule has 37 heavy (non-hydrogen) atoms. The molecular weight excluding hydrogens is 464 g/mol. The summed E-state index contributed by atoms with van der Waals surface area (Å²) in [6.07, 6.45) is 24.2. The number of aliphatic hydroxyl groups is 4. The minimum absolute atomic E-state index is 0.365. The molecule has 4 N–H and O–H groups in total. The second-order valence-corrected chi connectivity index (χ2v) is 9.88. The third-order valence-corrected chi connectivity index (χ3v) is 6.25. The number of ether oxygens (including phenoxy) is 1. The molecule has 0 aliphatic carbocycles.